The summed E-state index contributed by atoms with van der Waals surface area (Å²) in [4.78, 5) is 11.5. The molecule has 0 aliphatic carbocycles. The Morgan fingerprint density at radius 1 is 0.867 bits per heavy atom. The Hall–Kier alpha value is -3.28. The number of nitrogens with zero attached hydrogens (tertiary/aromatic N) is 3. The number of fused-ring (bicyclic) bond motifs is 1. The van der Waals surface area contributed by atoms with Crippen molar-refractivity contribution in [3.63, 3.8) is 0 Å². The molecule has 0 radical (unpaired) electrons. The Kier molecular flexibility index (Phi) is 5.38. The molecule has 1 unspecified atom stereocenters. The summed E-state index contributed by atoms with van der Waals surface area (Å²) in [5.74, 6) is 1.60. The lowest BCUT2D eigenvalue weighted by atomic mass is 10.1. The first kappa shape index (κ1) is 18.7. The van der Waals surface area contributed by atoms with E-state index in [4.69, 9.17) is 4.74 Å². The number of anilines is 2. The summed E-state index contributed by atoms with van der Waals surface area (Å²) in [5, 5.41) is 5.59. The highest BCUT2D eigenvalue weighted by molar-refractivity contribution is 5.84. The fraction of sp³-hybridized carbons (Fsp3) is 0.200. The van der Waals surface area contributed by atoms with Gasteiger partial charge in [-0.1, -0.05) is 60.7 Å². The minimum atomic E-state index is 0.132. The van der Waals surface area contributed by atoms with E-state index in [-0.39, 0.29) is 6.10 Å². The van der Waals surface area contributed by atoms with Crippen LogP contribution in [0, 0.1) is 0 Å². The molecule has 30 heavy (non-hydrogen) atoms. The molecule has 0 spiro atoms. The third-order valence-electron chi connectivity index (χ3n) is 5.44. The molecule has 1 aliphatic heterocycles. The number of benzene rings is 2. The molecule has 1 fully saturated rings. The monoisotopic (exact) mass is 396 g/mol. The van der Waals surface area contributed by atoms with Crippen LogP contribution < -0.4 is 5.32 Å². The summed E-state index contributed by atoms with van der Waals surface area (Å²) in [6, 6.07) is 24.8. The molecule has 1 saturated heterocycles. The van der Waals surface area contributed by atoms with E-state index in [9.17, 15) is 0 Å². The number of rotatable bonds is 5. The van der Waals surface area contributed by atoms with Crippen LogP contribution in [0.2, 0.25) is 0 Å². The lowest BCUT2D eigenvalue weighted by molar-refractivity contribution is -0.0329. The van der Waals surface area contributed by atoms with Crippen molar-refractivity contribution < 1.29 is 4.74 Å². The van der Waals surface area contributed by atoms with Crippen LogP contribution in [-0.2, 0) is 11.3 Å². The van der Waals surface area contributed by atoms with E-state index in [0.29, 0.717) is 0 Å². The SMILES string of the molecule is c1ccc(C2CN(Cc3ccc(Nc4cc5ccccc5cn4)nc3)CCO2)cc1. The summed E-state index contributed by atoms with van der Waals surface area (Å²) in [5.41, 5.74) is 2.43. The Morgan fingerprint density at radius 3 is 2.50 bits per heavy atom. The second kappa shape index (κ2) is 8.61. The molecule has 0 amide bonds. The van der Waals surface area contributed by atoms with Crippen molar-refractivity contribution in [2.45, 2.75) is 12.6 Å². The third kappa shape index (κ3) is 4.32. The Balaban J connectivity index is 1.22. The summed E-state index contributed by atoms with van der Waals surface area (Å²) in [6.07, 6.45) is 3.96. The minimum absolute atomic E-state index is 0.132. The molecular formula is C25H24N4O. The van der Waals surface area contributed by atoms with Crippen molar-refractivity contribution >= 4 is 22.4 Å². The van der Waals surface area contributed by atoms with Gasteiger partial charge in [-0.2, -0.15) is 0 Å². The van der Waals surface area contributed by atoms with E-state index >= 15 is 0 Å². The van der Waals surface area contributed by atoms with Gasteiger partial charge < -0.3 is 10.1 Å². The van der Waals surface area contributed by atoms with Crippen molar-refractivity contribution in [3.8, 4) is 0 Å². The second-order valence-electron chi connectivity index (χ2n) is 7.60. The molecule has 5 nitrogen and oxygen atoms in total. The molecule has 0 saturated carbocycles. The van der Waals surface area contributed by atoms with Gasteiger partial charge >= 0.3 is 0 Å². The quantitative estimate of drug-likeness (QED) is 0.517. The molecule has 2 aromatic carbocycles. The van der Waals surface area contributed by atoms with Crippen LogP contribution in [0.3, 0.4) is 0 Å². The van der Waals surface area contributed by atoms with E-state index in [0.717, 1.165) is 48.6 Å². The Bertz CT molecular complexity index is 1110. The standard InChI is InChI=1S/C25H24N4O/c1-2-6-20(7-3-1)23-18-29(12-13-30-23)17-19-10-11-24(26-15-19)28-25-14-21-8-4-5-9-22(21)16-27-25/h1-11,14-16,23H,12-13,17-18H2,(H,26,27,28). The molecule has 150 valence electrons. The highest BCUT2D eigenvalue weighted by Crippen LogP contribution is 2.23. The molecule has 1 N–H and O–H groups in total. The fourth-order valence-corrected chi connectivity index (χ4v) is 3.85. The predicted molar refractivity (Wildman–Crippen MR) is 120 cm³/mol. The van der Waals surface area contributed by atoms with E-state index in [1.807, 2.05) is 42.7 Å². The Labute approximate surface area is 176 Å². The molecule has 4 aromatic rings. The number of morpholine rings is 1. The molecule has 1 atom stereocenters. The van der Waals surface area contributed by atoms with E-state index in [1.165, 1.54) is 11.1 Å². The van der Waals surface area contributed by atoms with Gasteiger partial charge in [-0.15, -0.1) is 0 Å². The third-order valence-corrected chi connectivity index (χ3v) is 5.44. The predicted octanol–water partition coefficient (Wildman–Crippen LogP) is 4.95. The van der Waals surface area contributed by atoms with Crippen LogP contribution >= 0.6 is 0 Å². The number of hydrogen-bond acceptors (Lipinski definition) is 5. The molecule has 2 aromatic heterocycles. The first-order chi connectivity index (χ1) is 14.8. The van der Waals surface area contributed by atoms with Crippen LogP contribution in [0.4, 0.5) is 11.6 Å². The number of ether oxygens (including phenoxy) is 1. The van der Waals surface area contributed by atoms with Crippen LogP contribution in [-0.4, -0.2) is 34.6 Å². The minimum Gasteiger partial charge on any atom is -0.371 e. The lowest BCUT2D eigenvalue weighted by Crippen LogP contribution is -2.37. The van der Waals surface area contributed by atoms with Gasteiger partial charge in [-0.3, -0.25) is 4.90 Å². The van der Waals surface area contributed by atoms with Crippen LogP contribution in [0.1, 0.15) is 17.2 Å². The van der Waals surface area contributed by atoms with Crippen molar-refractivity contribution in [1.82, 2.24) is 14.9 Å². The van der Waals surface area contributed by atoms with Gasteiger partial charge in [0.05, 0.1) is 12.7 Å². The average molecular weight is 396 g/mol. The number of aromatic nitrogens is 2. The molecular weight excluding hydrogens is 372 g/mol. The zero-order valence-corrected chi connectivity index (χ0v) is 16.7. The maximum Gasteiger partial charge on any atom is 0.132 e. The normalized spacial score (nSPS) is 17.1. The van der Waals surface area contributed by atoms with Gasteiger partial charge in [0.15, 0.2) is 0 Å². The van der Waals surface area contributed by atoms with Crippen molar-refractivity contribution in [1.29, 1.82) is 0 Å². The number of nitrogens with one attached hydrogen (secondary N) is 1. The van der Waals surface area contributed by atoms with Crippen LogP contribution in [0.25, 0.3) is 10.8 Å². The first-order valence-corrected chi connectivity index (χ1v) is 10.3. The van der Waals surface area contributed by atoms with Crippen molar-refractivity contribution in [2.75, 3.05) is 25.0 Å². The molecule has 0 bridgehead atoms. The van der Waals surface area contributed by atoms with E-state index in [1.54, 1.807) is 0 Å². The van der Waals surface area contributed by atoms with Gasteiger partial charge in [-0.05, 0) is 28.6 Å². The summed E-state index contributed by atoms with van der Waals surface area (Å²) >= 11 is 0. The zero-order chi connectivity index (χ0) is 20.2. The highest BCUT2D eigenvalue weighted by Gasteiger charge is 2.21. The molecule has 5 rings (SSSR count). The van der Waals surface area contributed by atoms with Gasteiger partial charge in [0.2, 0.25) is 0 Å². The van der Waals surface area contributed by atoms with E-state index < -0.39 is 0 Å². The molecule has 5 heteroatoms. The summed E-state index contributed by atoms with van der Waals surface area (Å²) < 4.78 is 5.97. The van der Waals surface area contributed by atoms with Crippen LogP contribution in [0.15, 0.2) is 85.2 Å². The smallest absolute Gasteiger partial charge is 0.132 e. The lowest BCUT2D eigenvalue weighted by Gasteiger charge is -2.33. The maximum atomic E-state index is 5.97. The van der Waals surface area contributed by atoms with Gasteiger partial charge in [-0.25, -0.2) is 9.97 Å². The van der Waals surface area contributed by atoms with Gasteiger partial charge in [0.25, 0.3) is 0 Å². The number of pyridine rings is 2. The summed E-state index contributed by atoms with van der Waals surface area (Å²) in [6.45, 7) is 3.45. The fourth-order valence-electron chi connectivity index (χ4n) is 3.85. The maximum absolute atomic E-state index is 5.97. The number of hydrogen-bond donors (Lipinski definition) is 1. The van der Waals surface area contributed by atoms with Crippen LogP contribution in [0.5, 0.6) is 0 Å². The molecule has 1 aliphatic rings. The largest absolute Gasteiger partial charge is 0.371 e. The van der Waals surface area contributed by atoms with Gasteiger partial charge in [0, 0.05) is 37.4 Å². The zero-order valence-electron chi connectivity index (χ0n) is 16.7. The molecule has 3 heterocycles. The summed E-state index contributed by atoms with van der Waals surface area (Å²) in [7, 11) is 0. The topological polar surface area (TPSA) is 50.3 Å². The second-order valence-corrected chi connectivity index (χ2v) is 7.60. The van der Waals surface area contributed by atoms with Crippen molar-refractivity contribution in [2.24, 2.45) is 0 Å². The Morgan fingerprint density at radius 2 is 1.67 bits per heavy atom. The highest BCUT2D eigenvalue weighted by atomic mass is 16.5. The van der Waals surface area contributed by atoms with Gasteiger partial charge in [0.1, 0.15) is 11.6 Å². The average Bonchev–Trinajstić information content (AvgIpc) is 2.81. The first-order valence-electron chi connectivity index (χ1n) is 10.3. The van der Waals surface area contributed by atoms with E-state index in [2.05, 4.69) is 62.6 Å². The van der Waals surface area contributed by atoms with Crippen molar-refractivity contribution in [3.05, 3.63) is 96.3 Å².